The molecule has 6 nitrogen and oxygen atoms in total. The lowest BCUT2D eigenvalue weighted by molar-refractivity contribution is -0.144. The summed E-state index contributed by atoms with van der Waals surface area (Å²) in [7, 11) is 0. The Labute approximate surface area is 134 Å². The van der Waals surface area contributed by atoms with Crippen molar-refractivity contribution in [2.75, 3.05) is 25.1 Å². The van der Waals surface area contributed by atoms with Crippen molar-refractivity contribution in [3.63, 3.8) is 0 Å². The molecule has 0 bridgehead atoms. The first-order chi connectivity index (χ1) is 10.6. The van der Waals surface area contributed by atoms with Crippen LogP contribution in [0.3, 0.4) is 0 Å². The molecule has 0 radical (unpaired) electrons. The molecule has 22 heavy (non-hydrogen) atoms. The average molecular weight is 323 g/mol. The lowest BCUT2D eigenvalue weighted by Crippen LogP contribution is -2.60. The Morgan fingerprint density at radius 2 is 2.32 bits per heavy atom. The van der Waals surface area contributed by atoms with Crippen LogP contribution in [0.4, 0.5) is 0 Å². The second kappa shape index (κ2) is 8.03. The van der Waals surface area contributed by atoms with Crippen molar-refractivity contribution in [2.45, 2.75) is 25.5 Å². The summed E-state index contributed by atoms with van der Waals surface area (Å²) in [6.07, 6.45) is 5.96. The van der Waals surface area contributed by atoms with E-state index in [2.05, 4.69) is 10.3 Å². The maximum Gasteiger partial charge on any atom is 0.245 e. The molecule has 1 aliphatic rings. The summed E-state index contributed by atoms with van der Waals surface area (Å²) in [5.41, 5.74) is 0. The van der Waals surface area contributed by atoms with Crippen LogP contribution in [0, 0.1) is 0 Å². The van der Waals surface area contributed by atoms with E-state index in [1.807, 2.05) is 18.4 Å². The zero-order valence-electron chi connectivity index (χ0n) is 12.8. The Morgan fingerprint density at radius 3 is 2.91 bits per heavy atom. The number of carbonyl (C=O) groups excluding carboxylic acids is 2. The van der Waals surface area contributed by atoms with Crippen LogP contribution in [-0.2, 0) is 9.59 Å². The van der Waals surface area contributed by atoms with Gasteiger partial charge in [0.25, 0.3) is 0 Å². The molecule has 1 aromatic heterocycles. The van der Waals surface area contributed by atoms with E-state index in [1.54, 1.807) is 29.1 Å². The minimum absolute atomic E-state index is 0.00771. The topological polar surface area (TPSA) is 71.5 Å². The smallest absolute Gasteiger partial charge is 0.245 e. The third-order valence-electron chi connectivity index (χ3n) is 3.38. The fraction of sp³-hybridized carbons (Fsp3) is 0.533. The van der Waals surface area contributed by atoms with Gasteiger partial charge in [-0.05, 0) is 30.6 Å². The van der Waals surface area contributed by atoms with E-state index >= 15 is 0 Å². The highest BCUT2D eigenvalue weighted by Gasteiger charge is 2.35. The van der Waals surface area contributed by atoms with Crippen LogP contribution in [0.25, 0.3) is 0 Å². The minimum atomic E-state index is -0.440. The number of pyridine rings is 1. The van der Waals surface area contributed by atoms with Crippen molar-refractivity contribution >= 4 is 23.6 Å². The van der Waals surface area contributed by atoms with Gasteiger partial charge in [-0.3, -0.25) is 14.6 Å². The number of likely N-dealkylation sites (tertiary alicyclic amines) is 1. The zero-order chi connectivity index (χ0) is 15.9. The summed E-state index contributed by atoms with van der Waals surface area (Å²) < 4.78 is 5.72. The first kappa shape index (κ1) is 16.6. The van der Waals surface area contributed by atoms with Gasteiger partial charge < -0.3 is 15.0 Å². The van der Waals surface area contributed by atoms with Crippen LogP contribution >= 0.6 is 11.8 Å². The molecule has 0 unspecified atom stereocenters. The van der Waals surface area contributed by atoms with Crippen molar-refractivity contribution in [3.8, 4) is 5.75 Å². The Kier molecular flexibility index (Phi) is 6.06. The van der Waals surface area contributed by atoms with E-state index in [0.717, 1.165) is 5.75 Å². The third-order valence-corrected chi connectivity index (χ3v) is 4.03. The number of thioether (sulfide) groups is 1. The van der Waals surface area contributed by atoms with Gasteiger partial charge in [0.2, 0.25) is 11.8 Å². The number of amides is 2. The molecule has 2 rings (SSSR count). The Morgan fingerprint density at radius 1 is 1.55 bits per heavy atom. The first-order valence-electron chi connectivity index (χ1n) is 7.21. The maximum absolute atomic E-state index is 12.4. The first-order valence-corrected chi connectivity index (χ1v) is 8.61. The number of nitrogens with one attached hydrogen (secondary N) is 1. The number of nitrogens with zero attached hydrogens (tertiary/aromatic N) is 2. The van der Waals surface area contributed by atoms with Crippen LogP contribution in [0.15, 0.2) is 24.5 Å². The van der Waals surface area contributed by atoms with Gasteiger partial charge in [-0.15, -0.1) is 0 Å². The average Bonchev–Trinajstić information content (AvgIpc) is 2.47. The van der Waals surface area contributed by atoms with E-state index in [-0.39, 0.29) is 17.9 Å². The predicted molar refractivity (Wildman–Crippen MR) is 85.8 cm³/mol. The Balaban J connectivity index is 1.82. The SMILES string of the molecule is CSCC[C@H](NC(C)=O)C(=O)N1CC(Oc2cccnc2)C1. The number of aromatic nitrogens is 1. The number of hydrogen-bond acceptors (Lipinski definition) is 5. The molecule has 120 valence electrons. The number of hydrogen-bond donors (Lipinski definition) is 1. The number of ether oxygens (including phenoxy) is 1. The van der Waals surface area contributed by atoms with Gasteiger partial charge in [0.15, 0.2) is 0 Å². The normalized spacial score (nSPS) is 15.8. The molecule has 1 aliphatic heterocycles. The van der Waals surface area contributed by atoms with Gasteiger partial charge in [-0.25, -0.2) is 0 Å². The standard InChI is InChI=1S/C15H21N3O3S/c1-11(19)17-14(5-7-22-2)15(20)18-9-13(10-18)21-12-4-3-6-16-8-12/h3-4,6,8,13-14H,5,7,9-10H2,1-2H3,(H,17,19)/t14-/m0/s1. The summed E-state index contributed by atoms with van der Waals surface area (Å²) in [6, 6.07) is 3.21. The summed E-state index contributed by atoms with van der Waals surface area (Å²) in [5, 5.41) is 2.73. The fourth-order valence-corrected chi connectivity index (χ4v) is 2.73. The highest BCUT2D eigenvalue weighted by molar-refractivity contribution is 7.98. The second-order valence-electron chi connectivity index (χ2n) is 5.21. The van der Waals surface area contributed by atoms with Gasteiger partial charge in [0, 0.05) is 13.1 Å². The number of carbonyl (C=O) groups is 2. The molecule has 2 amide bonds. The zero-order valence-corrected chi connectivity index (χ0v) is 13.6. The largest absolute Gasteiger partial charge is 0.485 e. The van der Waals surface area contributed by atoms with Crippen LogP contribution in [0.1, 0.15) is 13.3 Å². The monoisotopic (exact) mass is 323 g/mol. The molecule has 2 heterocycles. The molecule has 0 aliphatic carbocycles. The lowest BCUT2D eigenvalue weighted by Gasteiger charge is -2.40. The second-order valence-corrected chi connectivity index (χ2v) is 6.19. The van der Waals surface area contributed by atoms with Gasteiger partial charge in [-0.1, -0.05) is 0 Å². The van der Waals surface area contributed by atoms with Crippen LogP contribution in [0.5, 0.6) is 5.75 Å². The van der Waals surface area contributed by atoms with E-state index in [0.29, 0.717) is 25.3 Å². The molecule has 1 fully saturated rings. The van der Waals surface area contributed by atoms with Gasteiger partial charge in [0.05, 0.1) is 19.3 Å². The van der Waals surface area contributed by atoms with E-state index < -0.39 is 6.04 Å². The van der Waals surface area contributed by atoms with Crippen molar-refractivity contribution in [1.82, 2.24) is 15.2 Å². The predicted octanol–water partition coefficient (Wildman–Crippen LogP) is 0.929. The summed E-state index contributed by atoms with van der Waals surface area (Å²) in [5.74, 6) is 1.33. The van der Waals surface area contributed by atoms with Crippen molar-refractivity contribution in [3.05, 3.63) is 24.5 Å². The van der Waals surface area contributed by atoms with Crippen LogP contribution in [0.2, 0.25) is 0 Å². The van der Waals surface area contributed by atoms with Crippen LogP contribution < -0.4 is 10.1 Å². The lowest BCUT2D eigenvalue weighted by atomic mass is 10.1. The molecular weight excluding hydrogens is 302 g/mol. The van der Waals surface area contributed by atoms with E-state index in [9.17, 15) is 9.59 Å². The van der Waals surface area contributed by atoms with Crippen molar-refractivity contribution in [2.24, 2.45) is 0 Å². The summed E-state index contributed by atoms with van der Waals surface area (Å²) in [4.78, 5) is 29.3. The van der Waals surface area contributed by atoms with E-state index in [1.165, 1.54) is 6.92 Å². The highest BCUT2D eigenvalue weighted by atomic mass is 32.2. The molecule has 1 saturated heterocycles. The fourth-order valence-electron chi connectivity index (χ4n) is 2.26. The van der Waals surface area contributed by atoms with E-state index in [4.69, 9.17) is 4.74 Å². The Hall–Kier alpha value is -1.76. The summed E-state index contributed by atoms with van der Waals surface area (Å²) in [6.45, 7) is 2.52. The Bertz CT molecular complexity index is 506. The molecule has 7 heteroatoms. The quantitative estimate of drug-likeness (QED) is 0.808. The molecule has 0 saturated carbocycles. The summed E-state index contributed by atoms with van der Waals surface area (Å²) >= 11 is 1.66. The van der Waals surface area contributed by atoms with Crippen molar-refractivity contribution < 1.29 is 14.3 Å². The minimum Gasteiger partial charge on any atom is -0.485 e. The van der Waals surface area contributed by atoms with Crippen LogP contribution in [-0.4, -0.2) is 58.9 Å². The molecule has 0 spiro atoms. The molecule has 1 N–H and O–H groups in total. The molecule has 0 aromatic carbocycles. The maximum atomic E-state index is 12.4. The molecular formula is C15H21N3O3S. The van der Waals surface area contributed by atoms with Gasteiger partial charge in [-0.2, -0.15) is 11.8 Å². The number of rotatable bonds is 7. The van der Waals surface area contributed by atoms with Gasteiger partial charge >= 0.3 is 0 Å². The molecule has 1 aromatic rings. The van der Waals surface area contributed by atoms with Gasteiger partial charge in [0.1, 0.15) is 17.9 Å². The third kappa shape index (κ3) is 4.62. The van der Waals surface area contributed by atoms with Crippen molar-refractivity contribution in [1.29, 1.82) is 0 Å². The molecule has 1 atom stereocenters. The highest BCUT2D eigenvalue weighted by Crippen LogP contribution is 2.18.